The van der Waals surface area contributed by atoms with Crippen molar-refractivity contribution in [2.75, 3.05) is 11.9 Å². The van der Waals surface area contributed by atoms with Crippen LogP contribution in [0.4, 0.5) is 5.69 Å². The molecule has 72 valence electrons. The van der Waals surface area contributed by atoms with Crippen LogP contribution in [-0.2, 0) is 0 Å². The van der Waals surface area contributed by atoms with Gasteiger partial charge in [-0.15, -0.1) is 0 Å². The Bertz CT molecular complexity index is 394. The van der Waals surface area contributed by atoms with Gasteiger partial charge in [-0.25, -0.2) is 0 Å². The molecule has 0 aliphatic heterocycles. The van der Waals surface area contributed by atoms with Crippen molar-refractivity contribution in [1.29, 1.82) is 5.26 Å². The molecule has 1 N–H and O–H groups in total. The van der Waals surface area contributed by atoms with Crippen molar-refractivity contribution in [3.05, 3.63) is 40.4 Å². The minimum Gasteiger partial charge on any atom is -0.379 e. The summed E-state index contributed by atoms with van der Waals surface area (Å²) in [6.07, 6.45) is 0. The molecular formula is C10H8Cl2N2. The molecule has 4 heteroatoms. The molecule has 14 heavy (non-hydrogen) atoms. The quantitative estimate of drug-likeness (QED) is 0.859. The van der Waals surface area contributed by atoms with E-state index < -0.39 is 0 Å². The van der Waals surface area contributed by atoms with Gasteiger partial charge in [0.05, 0.1) is 17.8 Å². The summed E-state index contributed by atoms with van der Waals surface area (Å²) in [5.74, 6) is 0. The highest BCUT2D eigenvalue weighted by atomic mass is 35.5. The lowest BCUT2D eigenvalue weighted by Gasteiger charge is -2.06. The van der Waals surface area contributed by atoms with E-state index in [9.17, 15) is 0 Å². The van der Waals surface area contributed by atoms with Gasteiger partial charge in [0, 0.05) is 10.1 Å². The molecule has 0 spiro atoms. The molecule has 0 saturated heterocycles. The van der Waals surface area contributed by atoms with Crippen LogP contribution in [0.3, 0.4) is 0 Å². The highest BCUT2D eigenvalue weighted by molar-refractivity contribution is 6.30. The number of hydrogen-bond acceptors (Lipinski definition) is 2. The average molecular weight is 227 g/mol. The molecule has 0 heterocycles. The lowest BCUT2D eigenvalue weighted by molar-refractivity contribution is 1.30. The SMILES string of the molecule is C=C(Cl)CNc1ccc(Cl)cc1C#N. The summed E-state index contributed by atoms with van der Waals surface area (Å²) in [5, 5.41) is 12.8. The lowest BCUT2D eigenvalue weighted by atomic mass is 10.2. The Morgan fingerprint density at radius 2 is 2.29 bits per heavy atom. The zero-order chi connectivity index (χ0) is 10.6. The van der Waals surface area contributed by atoms with Gasteiger partial charge in [0.2, 0.25) is 0 Å². The van der Waals surface area contributed by atoms with Gasteiger partial charge in [0.1, 0.15) is 6.07 Å². The molecule has 0 saturated carbocycles. The first-order valence-electron chi connectivity index (χ1n) is 3.90. The highest BCUT2D eigenvalue weighted by Gasteiger charge is 2.01. The Balaban J connectivity index is 2.87. The van der Waals surface area contributed by atoms with Crippen molar-refractivity contribution in [3.63, 3.8) is 0 Å². The molecule has 0 bridgehead atoms. The van der Waals surface area contributed by atoms with E-state index >= 15 is 0 Å². The number of rotatable bonds is 3. The lowest BCUT2D eigenvalue weighted by Crippen LogP contribution is -2.02. The Morgan fingerprint density at radius 3 is 2.86 bits per heavy atom. The fraction of sp³-hybridized carbons (Fsp3) is 0.100. The van der Waals surface area contributed by atoms with Crippen molar-refractivity contribution >= 4 is 28.9 Å². The number of nitrogens with one attached hydrogen (secondary N) is 1. The fourth-order valence-electron chi connectivity index (χ4n) is 0.954. The number of nitriles is 1. The Labute approximate surface area is 92.8 Å². The van der Waals surface area contributed by atoms with E-state index in [2.05, 4.69) is 11.9 Å². The van der Waals surface area contributed by atoms with Crippen LogP contribution >= 0.6 is 23.2 Å². The predicted octanol–water partition coefficient (Wildman–Crippen LogP) is 3.38. The molecule has 1 rings (SSSR count). The Kier molecular flexibility index (Phi) is 3.82. The van der Waals surface area contributed by atoms with Crippen LogP contribution in [0, 0.1) is 11.3 Å². The van der Waals surface area contributed by atoms with Crippen molar-refractivity contribution in [2.24, 2.45) is 0 Å². The fourth-order valence-corrected chi connectivity index (χ4v) is 1.19. The zero-order valence-corrected chi connectivity index (χ0v) is 8.86. The highest BCUT2D eigenvalue weighted by Crippen LogP contribution is 2.20. The van der Waals surface area contributed by atoms with Gasteiger partial charge < -0.3 is 5.32 Å². The summed E-state index contributed by atoms with van der Waals surface area (Å²) in [5.41, 5.74) is 1.20. The van der Waals surface area contributed by atoms with Crippen LogP contribution < -0.4 is 5.32 Å². The summed E-state index contributed by atoms with van der Waals surface area (Å²) in [4.78, 5) is 0. The maximum Gasteiger partial charge on any atom is 0.101 e. The molecule has 0 radical (unpaired) electrons. The third-order valence-electron chi connectivity index (χ3n) is 1.57. The van der Waals surface area contributed by atoms with E-state index in [-0.39, 0.29) is 0 Å². The van der Waals surface area contributed by atoms with Crippen LogP contribution in [0.15, 0.2) is 29.8 Å². The summed E-state index contributed by atoms with van der Waals surface area (Å²) in [7, 11) is 0. The van der Waals surface area contributed by atoms with Crippen molar-refractivity contribution < 1.29 is 0 Å². The first-order chi connectivity index (χ1) is 6.63. The second kappa shape index (κ2) is 4.90. The minimum atomic E-state index is 0.428. The van der Waals surface area contributed by atoms with Crippen molar-refractivity contribution in [1.82, 2.24) is 0 Å². The summed E-state index contributed by atoms with van der Waals surface area (Å²) < 4.78 is 0. The van der Waals surface area contributed by atoms with Crippen LogP contribution in [0.1, 0.15) is 5.56 Å². The topological polar surface area (TPSA) is 35.8 Å². The molecule has 0 atom stereocenters. The molecule has 0 aliphatic carbocycles. The molecule has 0 fully saturated rings. The van der Waals surface area contributed by atoms with Gasteiger partial charge in [-0.2, -0.15) is 5.26 Å². The van der Waals surface area contributed by atoms with E-state index in [0.717, 1.165) is 0 Å². The van der Waals surface area contributed by atoms with Crippen molar-refractivity contribution in [2.45, 2.75) is 0 Å². The average Bonchev–Trinajstić information content (AvgIpc) is 2.15. The van der Waals surface area contributed by atoms with Gasteiger partial charge in [-0.3, -0.25) is 0 Å². The standard InChI is InChI=1S/C10H8Cl2N2/c1-7(11)6-14-10-3-2-9(12)4-8(10)5-13/h2-4,14H,1,6H2. The van der Waals surface area contributed by atoms with Gasteiger partial charge in [0.25, 0.3) is 0 Å². The minimum absolute atomic E-state index is 0.428. The van der Waals surface area contributed by atoms with Crippen LogP contribution in [-0.4, -0.2) is 6.54 Å². The Morgan fingerprint density at radius 1 is 1.57 bits per heavy atom. The molecule has 0 unspecified atom stereocenters. The van der Waals surface area contributed by atoms with Crippen molar-refractivity contribution in [3.8, 4) is 6.07 Å². The van der Waals surface area contributed by atoms with Gasteiger partial charge >= 0.3 is 0 Å². The smallest absolute Gasteiger partial charge is 0.101 e. The molecule has 0 aromatic heterocycles. The molecular weight excluding hydrogens is 219 g/mol. The predicted molar refractivity (Wildman–Crippen MR) is 59.6 cm³/mol. The number of halogens is 2. The third kappa shape index (κ3) is 2.95. The van der Waals surface area contributed by atoms with E-state index in [1.54, 1.807) is 18.2 Å². The first kappa shape index (κ1) is 10.9. The summed E-state index contributed by atoms with van der Waals surface area (Å²) in [6.45, 7) is 3.97. The number of nitrogens with zero attached hydrogens (tertiary/aromatic N) is 1. The first-order valence-corrected chi connectivity index (χ1v) is 4.66. The van der Waals surface area contributed by atoms with E-state index in [1.807, 2.05) is 6.07 Å². The van der Waals surface area contributed by atoms with Gasteiger partial charge in [0.15, 0.2) is 0 Å². The maximum atomic E-state index is 8.80. The van der Waals surface area contributed by atoms with Crippen LogP contribution in [0.5, 0.6) is 0 Å². The second-order valence-electron chi connectivity index (χ2n) is 2.67. The monoisotopic (exact) mass is 226 g/mol. The number of hydrogen-bond donors (Lipinski definition) is 1. The summed E-state index contributed by atoms with van der Waals surface area (Å²) >= 11 is 11.3. The Hall–Kier alpha value is -1.17. The normalized spacial score (nSPS) is 9.21. The third-order valence-corrected chi connectivity index (χ3v) is 1.94. The molecule has 2 nitrogen and oxygen atoms in total. The molecule has 1 aromatic rings. The van der Waals surface area contributed by atoms with Gasteiger partial charge in [-0.1, -0.05) is 29.8 Å². The molecule has 0 aliphatic rings. The molecule has 1 aromatic carbocycles. The number of benzene rings is 1. The van der Waals surface area contributed by atoms with E-state index in [4.69, 9.17) is 28.5 Å². The maximum absolute atomic E-state index is 8.80. The molecule has 0 amide bonds. The van der Waals surface area contributed by atoms with Crippen LogP contribution in [0.2, 0.25) is 5.02 Å². The second-order valence-corrected chi connectivity index (χ2v) is 3.64. The number of anilines is 1. The largest absolute Gasteiger partial charge is 0.379 e. The zero-order valence-electron chi connectivity index (χ0n) is 7.35. The van der Waals surface area contributed by atoms with Gasteiger partial charge in [-0.05, 0) is 18.2 Å². The van der Waals surface area contributed by atoms with E-state index in [1.165, 1.54) is 0 Å². The summed E-state index contributed by atoms with van der Waals surface area (Å²) in [6, 6.07) is 7.09. The van der Waals surface area contributed by atoms with Crippen LogP contribution in [0.25, 0.3) is 0 Å². The van der Waals surface area contributed by atoms with E-state index in [0.29, 0.717) is 27.9 Å².